The predicted octanol–water partition coefficient (Wildman–Crippen LogP) is 5.10. The first kappa shape index (κ1) is 14.9. The van der Waals surface area contributed by atoms with Gasteiger partial charge in [0.15, 0.2) is 11.6 Å². The van der Waals surface area contributed by atoms with Crippen LogP contribution in [-0.4, -0.2) is 6.29 Å². The van der Waals surface area contributed by atoms with Crippen LogP contribution in [0.5, 0.6) is 0 Å². The fraction of sp³-hybridized carbons (Fsp3) is 0.316. The van der Waals surface area contributed by atoms with Gasteiger partial charge in [0.25, 0.3) is 0 Å². The molecule has 1 aliphatic carbocycles. The van der Waals surface area contributed by atoms with Crippen LogP contribution in [-0.2, 0) is 4.79 Å². The SMILES string of the molecule is O=C[C@H]1CC[C@H](c2ccc(-c3ccc(F)c(F)c3)cc2)CC1. The molecule has 3 rings (SSSR count). The summed E-state index contributed by atoms with van der Waals surface area (Å²) in [4.78, 5) is 10.8. The molecular weight excluding hydrogens is 282 g/mol. The monoisotopic (exact) mass is 300 g/mol. The van der Waals surface area contributed by atoms with Crippen LogP contribution >= 0.6 is 0 Å². The normalized spacial score (nSPS) is 21.5. The van der Waals surface area contributed by atoms with Gasteiger partial charge in [-0.15, -0.1) is 0 Å². The van der Waals surface area contributed by atoms with Crippen molar-refractivity contribution in [2.24, 2.45) is 5.92 Å². The number of carbonyl (C=O) groups is 1. The Morgan fingerprint density at radius 1 is 0.818 bits per heavy atom. The highest BCUT2D eigenvalue weighted by molar-refractivity contribution is 5.63. The summed E-state index contributed by atoms with van der Waals surface area (Å²) in [7, 11) is 0. The van der Waals surface area contributed by atoms with E-state index >= 15 is 0 Å². The standard InChI is InChI=1S/C19H18F2O/c20-18-10-9-17(11-19(18)21)16-7-5-15(6-8-16)14-3-1-13(12-22)2-4-14/h5-14H,1-4H2/t13-,14-. The molecule has 1 aliphatic rings. The van der Waals surface area contributed by atoms with Gasteiger partial charge in [-0.2, -0.15) is 0 Å². The lowest BCUT2D eigenvalue weighted by molar-refractivity contribution is -0.111. The molecule has 0 saturated heterocycles. The quantitative estimate of drug-likeness (QED) is 0.720. The molecule has 0 heterocycles. The van der Waals surface area contributed by atoms with Crippen LogP contribution in [0, 0.1) is 17.6 Å². The minimum absolute atomic E-state index is 0.220. The van der Waals surface area contributed by atoms with Crippen LogP contribution in [0.25, 0.3) is 11.1 Å². The molecule has 0 amide bonds. The van der Waals surface area contributed by atoms with E-state index in [0.717, 1.165) is 43.6 Å². The number of rotatable bonds is 3. The van der Waals surface area contributed by atoms with Crippen molar-refractivity contribution in [3.63, 3.8) is 0 Å². The van der Waals surface area contributed by atoms with E-state index in [-0.39, 0.29) is 5.92 Å². The minimum atomic E-state index is -0.827. The first-order valence-corrected chi connectivity index (χ1v) is 7.68. The molecule has 2 aromatic carbocycles. The molecule has 2 aromatic rings. The summed E-state index contributed by atoms with van der Waals surface area (Å²) >= 11 is 0. The van der Waals surface area contributed by atoms with E-state index in [4.69, 9.17) is 0 Å². The molecule has 114 valence electrons. The van der Waals surface area contributed by atoms with Crippen molar-refractivity contribution in [2.75, 3.05) is 0 Å². The number of benzene rings is 2. The Morgan fingerprint density at radius 2 is 1.45 bits per heavy atom. The van der Waals surface area contributed by atoms with Gasteiger partial charge in [0.05, 0.1) is 0 Å². The topological polar surface area (TPSA) is 17.1 Å². The van der Waals surface area contributed by atoms with E-state index in [1.165, 1.54) is 11.6 Å². The Hall–Kier alpha value is -2.03. The average Bonchev–Trinajstić information content (AvgIpc) is 2.58. The predicted molar refractivity (Wildman–Crippen MR) is 82.6 cm³/mol. The maximum atomic E-state index is 13.3. The number of carbonyl (C=O) groups excluding carboxylic acids is 1. The summed E-state index contributed by atoms with van der Waals surface area (Å²) < 4.78 is 26.3. The smallest absolute Gasteiger partial charge is 0.159 e. The second-order valence-electron chi connectivity index (χ2n) is 6.00. The second kappa shape index (κ2) is 6.39. The van der Waals surface area contributed by atoms with E-state index in [0.29, 0.717) is 11.5 Å². The Labute approximate surface area is 129 Å². The summed E-state index contributed by atoms with van der Waals surface area (Å²) in [6.45, 7) is 0. The van der Waals surface area contributed by atoms with Gasteiger partial charge in [-0.25, -0.2) is 8.78 Å². The first-order chi connectivity index (χ1) is 10.7. The first-order valence-electron chi connectivity index (χ1n) is 7.68. The Kier molecular flexibility index (Phi) is 4.32. The molecule has 0 radical (unpaired) electrons. The molecule has 0 spiro atoms. The molecule has 0 aromatic heterocycles. The molecule has 0 aliphatic heterocycles. The highest BCUT2D eigenvalue weighted by Crippen LogP contribution is 2.35. The van der Waals surface area contributed by atoms with E-state index in [2.05, 4.69) is 12.1 Å². The molecule has 1 nitrogen and oxygen atoms in total. The number of aldehydes is 1. The maximum absolute atomic E-state index is 13.3. The van der Waals surface area contributed by atoms with Crippen molar-refractivity contribution in [3.05, 3.63) is 59.7 Å². The van der Waals surface area contributed by atoms with Gasteiger partial charge in [-0.3, -0.25) is 0 Å². The van der Waals surface area contributed by atoms with Gasteiger partial charge in [-0.1, -0.05) is 30.3 Å². The van der Waals surface area contributed by atoms with Gasteiger partial charge < -0.3 is 4.79 Å². The van der Waals surface area contributed by atoms with Crippen LogP contribution in [0.3, 0.4) is 0 Å². The Balaban J connectivity index is 1.75. The van der Waals surface area contributed by atoms with Crippen molar-refractivity contribution in [3.8, 4) is 11.1 Å². The zero-order chi connectivity index (χ0) is 15.5. The van der Waals surface area contributed by atoms with E-state index < -0.39 is 11.6 Å². The second-order valence-corrected chi connectivity index (χ2v) is 6.00. The maximum Gasteiger partial charge on any atom is 0.159 e. The fourth-order valence-electron chi connectivity index (χ4n) is 3.21. The van der Waals surface area contributed by atoms with Gasteiger partial charge in [-0.05, 0) is 60.4 Å². The fourth-order valence-corrected chi connectivity index (χ4v) is 3.21. The summed E-state index contributed by atoms with van der Waals surface area (Å²) in [5, 5.41) is 0. The highest BCUT2D eigenvalue weighted by Gasteiger charge is 2.21. The number of halogens is 2. The zero-order valence-corrected chi connectivity index (χ0v) is 12.3. The van der Waals surface area contributed by atoms with Crippen molar-refractivity contribution in [1.29, 1.82) is 0 Å². The molecule has 0 atom stereocenters. The molecule has 3 heteroatoms. The third-order valence-corrected chi connectivity index (χ3v) is 4.60. The largest absolute Gasteiger partial charge is 0.303 e. The molecule has 1 saturated carbocycles. The average molecular weight is 300 g/mol. The summed E-state index contributed by atoms with van der Waals surface area (Å²) in [5.74, 6) is -0.936. The van der Waals surface area contributed by atoms with Crippen molar-refractivity contribution in [2.45, 2.75) is 31.6 Å². The number of hydrogen-bond acceptors (Lipinski definition) is 1. The molecule has 0 unspecified atom stereocenters. The van der Waals surface area contributed by atoms with Gasteiger partial charge in [0.1, 0.15) is 6.29 Å². The highest BCUT2D eigenvalue weighted by atomic mass is 19.2. The van der Waals surface area contributed by atoms with Gasteiger partial charge >= 0.3 is 0 Å². The Morgan fingerprint density at radius 3 is 2.05 bits per heavy atom. The van der Waals surface area contributed by atoms with Crippen LogP contribution in [0.4, 0.5) is 8.78 Å². The summed E-state index contributed by atoms with van der Waals surface area (Å²) in [5.41, 5.74) is 2.81. The lowest BCUT2D eigenvalue weighted by atomic mass is 9.79. The Bertz CT molecular complexity index is 656. The van der Waals surface area contributed by atoms with E-state index in [1.54, 1.807) is 6.07 Å². The van der Waals surface area contributed by atoms with Crippen LogP contribution < -0.4 is 0 Å². The minimum Gasteiger partial charge on any atom is -0.303 e. The third-order valence-electron chi connectivity index (χ3n) is 4.60. The molecule has 0 N–H and O–H groups in total. The molecule has 1 fully saturated rings. The van der Waals surface area contributed by atoms with Gasteiger partial charge in [0.2, 0.25) is 0 Å². The van der Waals surface area contributed by atoms with Crippen molar-refractivity contribution in [1.82, 2.24) is 0 Å². The van der Waals surface area contributed by atoms with Crippen molar-refractivity contribution >= 4 is 6.29 Å². The van der Waals surface area contributed by atoms with Gasteiger partial charge in [0, 0.05) is 5.92 Å². The third kappa shape index (κ3) is 3.08. The molecular formula is C19H18F2O. The van der Waals surface area contributed by atoms with Crippen LogP contribution in [0.15, 0.2) is 42.5 Å². The van der Waals surface area contributed by atoms with E-state index in [1.807, 2.05) is 12.1 Å². The summed E-state index contributed by atoms with van der Waals surface area (Å²) in [6.07, 6.45) is 5.06. The molecule has 0 bridgehead atoms. The number of hydrogen-bond donors (Lipinski definition) is 0. The summed E-state index contributed by atoms with van der Waals surface area (Å²) in [6, 6.07) is 12.0. The van der Waals surface area contributed by atoms with Crippen molar-refractivity contribution < 1.29 is 13.6 Å². The van der Waals surface area contributed by atoms with Crippen LogP contribution in [0.1, 0.15) is 37.2 Å². The van der Waals surface area contributed by atoms with E-state index in [9.17, 15) is 13.6 Å². The van der Waals surface area contributed by atoms with Crippen LogP contribution in [0.2, 0.25) is 0 Å². The zero-order valence-electron chi connectivity index (χ0n) is 12.3. The lowest BCUT2D eigenvalue weighted by Crippen LogP contribution is -2.14. The molecule has 22 heavy (non-hydrogen) atoms. The lowest BCUT2D eigenvalue weighted by Gasteiger charge is -2.25.